The van der Waals surface area contributed by atoms with Gasteiger partial charge in [-0.15, -0.1) is 0 Å². The Morgan fingerprint density at radius 2 is 0.774 bits per heavy atom. The third kappa shape index (κ3) is 6.56. The summed E-state index contributed by atoms with van der Waals surface area (Å²) in [5, 5.41) is 3.60. The summed E-state index contributed by atoms with van der Waals surface area (Å²) in [5.41, 5.74) is 7.62. The molecular formula is C24H27O3PSi3. The van der Waals surface area contributed by atoms with Crippen molar-refractivity contribution in [2.75, 3.05) is 0 Å². The lowest BCUT2D eigenvalue weighted by Gasteiger charge is -2.19. The molecule has 0 bridgehead atoms. The summed E-state index contributed by atoms with van der Waals surface area (Å²) in [6.07, 6.45) is 0. The third-order valence-corrected chi connectivity index (χ3v) is 10.7. The fourth-order valence-electron chi connectivity index (χ4n) is 2.90. The van der Waals surface area contributed by atoms with Gasteiger partial charge in [-0.05, 0) is 90.5 Å². The Balaban J connectivity index is 1.71. The zero-order chi connectivity index (χ0) is 22.4. The molecule has 0 fully saturated rings. The van der Waals surface area contributed by atoms with Crippen molar-refractivity contribution in [2.24, 2.45) is 0 Å². The molecule has 6 radical (unpaired) electrons. The minimum absolute atomic E-state index is 0.193. The van der Waals surface area contributed by atoms with Crippen LogP contribution >= 0.6 is 8.60 Å². The second-order valence-corrected chi connectivity index (χ2v) is 12.4. The van der Waals surface area contributed by atoms with Crippen LogP contribution < -0.4 is 15.6 Å². The van der Waals surface area contributed by atoms with Gasteiger partial charge in [0.1, 0.15) is 0 Å². The van der Waals surface area contributed by atoms with Crippen LogP contribution in [0, 0.1) is 41.5 Å². The predicted octanol–water partition coefficient (Wildman–Crippen LogP) is 3.95. The fraction of sp³-hybridized carbons (Fsp3) is 0.250. The first-order valence-corrected chi connectivity index (χ1v) is 14.0. The summed E-state index contributed by atoms with van der Waals surface area (Å²) in [7, 11) is -0.883. The van der Waals surface area contributed by atoms with E-state index in [1.54, 1.807) is 0 Å². The standard InChI is InChI=1S/C24H27O3PSi3/c1-16-10-7-13-22(19(16)4)29-25-28(26-30-23-14-8-11-17(2)20(23)5)27-31-24-15-9-12-18(3)21(24)6/h7-15H,1-6H3. The average Bonchev–Trinajstić information content (AvgIpc) is 2.75. The highest BCUT2D eigenvalue weighted by Crippen LogP contribution is 2.37. The Bertz CT molecular complexity index is 911. The smallest absolute Gasteiger partial charge is 0.300 e. The predicted molar refractivity (Wildman–Crippen MR) is 134 cm³/mol. The van der Waals surface area contributed by atoms with E-state index in [4.69, 9.17) is 12.6 Å². The SMILES string of the molecule is Cc1cccc([Si]OP(O[Si]c2cccc(C)c2C)O[Si]c2cccc(C)c2C)c1C. The van der Waals surface area contributed by atoms with Crippen molar-refractivity contribution in [1.29, 1.82) is 0 Å². The zero-order valence-electron chi connectivity index (χ0n) is 18.9. The van der Waals surface area contributed by atoms with Gasteiger partial charge in [-0.3, -0.25) is 0 Å². The van der Waals surface area contributed by atoms with Crippen LogP contribution in [0.25, 0.3) is 0 Å². The van der Waals surface area contributed by atoms with Crippen LogP contribution in [0.3, 0.4) is 0 Å². The van der Waals surface area contributed by atoms with E-state index in [1.807, 2.05) is 0 Å². The zero-order valence-corrected chi connectivity index (χ0v) is 22.8. The number of hydrogen-bond donors (Lipinski definition) is 0. The lowest BCUT2D eigenvalue weighted by atomic mass is 10.1. The summed E-state index contributed by atoms with van der Waals surface area (Å²) in [5.74, 6) is 0. The van der Waals surface area contributed by atoms with Gasteiger partial charge in [-0.25, -0.2) is 0 Å². The number of hydrogen-bond acceptors (Lipinski definition) is 3. The van der Waals surface area contributed by atoms with Gasteiger partial charge in [-0.1, -0.05) is 54.6 Å². The summed E-state index contributed by atoms with van der Waals surface area (Å²) in [6, 6.07) is 19.0. The van der Waals surface area contributed by atoms with Gasteiger partial charge in [0.15, 0.2) is 0 Å². The van der Waals surface area contributed by atoms with Gasteiger partial charge in [0.25, 0.3) is 37.9 Å². The molecule has 0 unspecified atom stereocenters. The first-order valence-electron chi connectivity index (χ1n) is 10.1. The van der Waals surface area contributed by atoms with E-state index in [9.17, 15) is 0 Å². The minimum atomic E-state index is -1.46. The van der Waals surface area contributed by atoms with Crippen LogP contribution in [0.5, 0.6) is 0 Å². The maximum Gasteiger partial charge on any atom is 0.300 e. The molecule has 0 spiro atoms. The van der Waals surface area contributed by atoms with E-state index in [0.717, 1.165) is 0 Å². The van der Waals surface area contributed by atoms with Crippen molar-refractivity contribution >= 4 is 53.5 Å². The molecule has 3 aromatic rings. The normalized spacial score (nSPS) is 11.3. The van der Waals surface area contributed by atoms with Crippen molar-refractivity contribution in [3.8, 4) is 0 Å². The maximum absolute atomic E-state index is 6.21. The first kappa shape index (κ1) is 24.3. The molecule has 158 valence electrons. The molecule has 3 rings (SSSR count). The van der Waals surface area contributed by atoms with Crippen LogP contribution in [0.4, 0.5) is 0 Å². The Kier molecular flexibility index (Phi) is 8.98. The number of rotatable bonds is 9. The van der Waals surface area contributed by atoms with Crippen LogP contribution in [-0.2, 0) is 12.6 Å². The molecular weight excluding hydrogens is 451 g/mol. The van der Waals surface area contributed by atoms with Gasteiger partial charge >= 0.3 is 0 Å². The molecule has 0 amide bonds. The third-order valence-electron chi connectivity index (χ3n) is 5.50. The van der Waals surface area contributed by atoms with Crippen LogP contribution in [0.2, 0.25) is 0 Å². The van der Waals surface area contributed by atoms with Crippen LogP contribution in [-0.4, -0.2) is 29.3 Å². The van der Waals surface area contributed by atoms with Crippen molar-refractivity contribution in [1.82, 2.24) is 0 Å². The monoisotopic (exact) mass is 478 g/mol. The largest absolute Gasteiger partial charge is 0.350 e. The van der Waals surface area contributed by atoms with Crippen molar-refractivity contribution < 1.29 is 12.6 Å². The van der Waals surface area contributed by atoms with Gasteiger partial charge in [0.2, 0.25) is 0 Å². The highest BCUT2D eigenvalue weighted by atomic mass is 31.2. The molecule has 0 N–H and O–H groups in total. The lowest BCUT2D eigenvalue weighted by Crippen LogP contribution is -2.25. The van der Waals surface area contributed by atoms with Gasteiger partial charge in [0.05, 0.1) is 0 Å². The van der Waals surface area contributed by atoms with E-state index < -0.39 is 8.60 Å². The van der Waals surface area contributed by atoms with E-state index in [-0.39, 0.29) is 29.3 Å². The Labute approximate surface area is 195 Å². The molecule has 3 nitrogen and oxygen atoms in total. The van der Waals surface area contributed by atoms with Gasteiger partial charge < -0.3 is 12.6 Å². The van der Waals surface area contributed by atoms with E-state index in [1.165, 1.54) is 48.9 Å². The highest BCUT2D eigenvalue weighted by molar-refractivity contribution is 7.45. The molecule has 0 saturated carbocycles. The van der Waals surface area contributed by atoms with E-state index >= 15 is 0 Å². The Morgan fingerprint density at radius 1 is 0.484 bits per heavy atom. The number of benzene rings is 3. The molecule has 0 aliphatic rings. The lowest BCUT2D eigenvalue weighted by molar-refractivity contribution is 0.425. The summed E-state index contributed by atoms with van der Waals surface area (Å²) < 4.78 is 18.6. The topological polar surface area (TPSA) is 27.7 Å². The summed E-state index contributed by atoms with van der Waals surface area (Å²) in [4.78, 5) is 0. The maximum atomic E-state index is 6.21. The molecule has 0 saturated heterocycles. The van der Waals surface area contributed by atoms with Gasteiger partial charge in [-0.2, -0.15) is 0 Å². The van der Waals surface area contributed by atoms with E-state index in [2.05, 4.69) is 96.1 Å². The molecule has 7 heteroatoms. The van der Waals surface area contributed by atoms with Crippen LogP contribution in [0.15, 0.2) is 54.6 Å². The fourth-order valence-corrected chi connectivity index (χ4v) is 7.97. The number of aryl methyl sites for hydroxylation is 3. The molecule has 0 heterocycles. The van der Waals surface area contributed by atoms with Crippen molar-refractivity contribution in [3.63, 3.8) is 0 Å². The summed E-state index contributed by atoms with van der Waals surface area (Å²) in [6.45, 7) is 12.8. The second-order valence-electron chi connectivity index (χ2n) is 7.55. The molecule has 0 atom stereocenters. The molecule has 0 aliphatic heterocycles. The minimum Gasteiger partial charge on any atom is -0.350 e. The highest BCUT2D eigenvalue weighted by Gasteiger charge is 2.18. The van der Waals surface area contributed by atoms with Crippen molar-refractivity contribution in [3.05, 3.63) is 88.0 Å². The molecule has 31 heavy (non-hydrogen) atoms. The Morgan fingerprint density at radius 3 is 1.06 bits per heavy atom. The Hall–Kier alpha value is -1.38. The molecule has 0 aromatic heterocycles. The average molecular weight is 479 g/mol. The first-order chi connectivity index (χ1) is 14.9. The molecule has 0 aliphatic carbocycles. The molecule has 3 aromatic carbocycles. The quantitative estimate of drug-likeness (QED) is 0.344. The van der Waals surface area contributed by atoms with Gasteiger partial charge in [0, 0.05) is 0 Å². The second kappa shape index (κ2) is 11.5. The summed E-state index contributed by atoms with van der Waals surface area (Å²) >= 11 is 0. The van der Waals surface area contributed by atoms with Crippen molar-refractivity contribution in [2.45, 2.75) is 41.5 Å². The van der Waals surface area contributed by atoms with E-state index in [0.29, 0.717) is 0 Å². The van der Waals surface area contributed by atoms with Crippen LogP contribution in [0.1, 0.15) is 33.4 Å².